The summed E-state index contributed by atoms with van der Waals surface area (Å²) < 4.78 is 32.9. The Morgan fingerprint density at radius 1 is 1.04 bits per heavy atom. The average molecular weight is 358 g/mol. The summed E-state index contributed by atoms with van der Waals surface area (Å²) in [7, 11) is -3.76. The van der Waals surface area contributed by atoms with Crippen molar-refractivity contribution in [2.75, 3.05) is 4.72 Å². The maximum atomic E-state index is 12.6. The van der Waals surface area contributed by atoms with Crippen LogP contribution in [-0.2, 0) is 10.0 Å². The number of rotatable bonds is 4. The van der Waals surface area contributed by atoms with Crippen molar-refractivity contribution in [3.63, 3.8) is 0 Å². The first-order valence-corrected chi connectivity index (χ1v) is 9.12. The highest BCUT2D eigenvalue weighted by Crippen LogP contribution is 2.31. The molecule has 0 spiro atoms. The molecule has 0 aliphatic carbocycles. The van der Waals surface area contributed by atoms with Gasteiger partial charge in [-0.25, -0.2) is 8.42 Å². The van der Waals surface area contributed by atoms with E-state index in [1.165, 1.54) is 24.3 Å². The Hall–Kier alpha value is -2.80. The maximum absolute atomic E-state index is 12.6. The van der Waals surface area contributed by atoms with Crippen molar-refractivity contribution in [3.05, 3.63) is 59.5 Å². The smallest absolute Gasteiger partial charge is 0.261 e. The summed E-state index contributed by atoms with van der Waals surface area (Å²) in [5, 5.41) is 13.3. The molecule has 3 aromatic rings. The van der Waals surface area contributed by atoms with Gasteiger partial charge in [-0.15, -0.1) is 0 Å². The zero-order chi connectivity index (χ0) is 18.2. The van der Waals surface area contributed by atoms with Crippen LogP contribution in [0.1, 0.15) is 17.0 Å². The number of phenolic OH excluding ortho intramolecular Hbond substituents is 1. The van der Waals surface area contributed by atoms with Gasteiger partial charge in [-0.3, -0.25) is 4.72 Å². The third-order valence-electron chi connectivity index (χ3n) is 3.95. The zero-order valence-corrected chi connectivity index (χ0v) is 14.9. The summed E-state index contributed by atoms with van der Waals surface area (Å²) in [6, 6.07) is 10.9. The molecule has 0 amide bonds. The van der Waals surface area contributed by atoms with Gasteiger partial charge < -0.3 is 9.63 Å². The first-order valence-electron chi connectivity index (χ1n) is 7.63. The van der Waals surface area contributed by atoms with Crippen LogP contribution in [0.25, 0.3) is 11.1 Å². The van der Waals surface area contributed by atoms with Gasteiger partial charge in [-0.1, -0.05) is 17.3 Å². The molecule has 0 aliphatic heterocycles. The van der Waals surface area contributed by atoms with Crippen LogP contribution in [0.2, 0.25) is 0 Å². The minimum Gasteiger partial charge on any atom is -0.508 e. The van der Waals surface area contributed by atoms with E-state index in [4.69, 9.17) is 4.52 Å². The zero-order valence-electron chi connectivity index (χ0n) is 14.1. The second kappa shape index (κ2) is 6.25. The van der Waals surface area contributed by atoms with Crippen molar-refractivity contribution < 1.29 is 18.0 Å². The fraction of sp³-hybridized carbons (Fsp3) is 0.167. The first kappa shape index (κ1) is 17.0. The molecule has 0 radical (unpaired) electrons. The Kier molecular flexibility index (Phi) is 4.26. The lowest BCUT2D eigenvalue weighted by Crippen LogP contribution is -2.13. The molecule has 7 heteroatoms. The molecule has 0 fully saturated rings. The van der Waals surface area contributed by atoms with E-state index >= 15 is 0 Å². The van der Waals surface area contributed by atoms with Gasteiger partial charge in [-0.05, 0) is 62.2 Å². The van der Waals surface area contributed by atoms with E-state index in [0.717, 1.165) is 22.4 Å². The predicted octanol–water partition coefficient (Wildman–Crippen LogP) is 3.77. The molecular weight excluding hydrogens is 340 g/mol. The Labute approximate surface area is 146 Å². The Balaban J connectivity index is 2.00. The molecule has 130 valence electrons. The van der Waals surface area contributed by atoms with Crippen LogP contribution in [0.5, 0.6) is 5.75 Å². The Bertz CT molecular complexity index is 1000. The minimum absolute atomic E-state index is 0.00976. The number of aromatic hydroxyl groups is 1. The highest BCUT2D eigenvalue weighted by atomic mass is 32.2. The monoisotopic (exact) mass is 358 g/mol. The summed E-state index contributed by atoms with van der Waals surface area (Å²) in [4.78, 5) is 0.0763. The fourth-order valence-corrected chi connectivity index (χ4v) is 3.73. The van der Waals surface area contributed by atoms with E-state index in [2.05, 4.69) is 9.88 Å². The van der Waals surface area contributed by atoms with Crippen molar-refractivity contribution in [1.29, 1.82) is 0 Å². The number of hydrogen-bond donors (Lipinski definition) is 2. The van der Waals surface area contributed by atoms with Crippen LogP contribution in [0.3, 0.4) is 0 Å². The number of nitrogens with one attached hydrogen (secondary N) is 1. The largest absolute Gasteiger partial charge is 0.508 e. The lowest BCUT2D eigenvalue weighted by atomic mass is 10.0. The van der Waals surface area contributed by atoms with Gasteiger partial charge in [0.2, 0.25) is 0 Å². The van der Waals surface area contributed by atoms with Crippen molar-refractivity contribution >= 4 is 15.7 Å². The number of hydrogen-bond acceptors (Lipinski definition) is 5. The summed E-state index contributed by atoms with van der Waals surface area (Å²) in [5.74, 6) is 0.684. The molecule has 1 heterocycles. The summed E-state index contributed by atoms with van der Waals surface area (Å²) in [6.45, 7) is 5.48. The van der Waals surface area contributed by atoms with Crippen molar-refractivity contribution in [1.82, 2.24) is 5.16 Å². The summed E-state index contributed by atoms with van der Waals surface area (Å²) in [5.41, 5.74) is 3.69. The molecule has 1 aromatic heterocycles. The molecule has 0 bridgehead atoms. The molecule has 0 saturated heterocycles. The third kappa shape index (κ3) is 3.36. The highest BCUT2D eigenvalue weighted by molar-refractivity contribution is 7.92. The van der Waals surface area contributed by atoms with E-state index in [0.29, 0.717) is 11.4 Å². The van der Waals surface area contributed by atoms with Crippen molar-refractivity contribution in [2.24, 2.45) is 0 Å². The second-order valence-electron chi connectivity index (χ2n) is 5.83. The van der Waals surface area contributed by atoms with E-state index in [1.54, 1.807) is 6.07 Å². The van der Waals surface area contributed by atoms with Crippen LogP contribution >= 0.6 is 0 Å². The Morgan fingerprint density at radius 2 is 1.72 bits per heavy atom. The number of sulfonamides is 1. The van der Waals surface area contributed by atoms with E-state index < -0.39 is 10.0 Å². The number of aromatic nitrogens is 1. The fourth-order valence-electron chi connectivity index (χ4n) is 2.61. The minimum atomic E-state index is -3.76. The molecule has 25 heavy (non-hydrogen) atoms. The lowest BCUT2D eigenvalue weighted by Gasteiger charge is -2.12. The quantitative estimate of drug-likeness (QED) is 0.740. The molecule has 3 rings (SSSR count). The van der Waals surface area contributed by atoms with Gasteiger partial charge in [0.15, 0.2) is 0 Å². The number of nitrogens with zero attached hydrogens (tertiary/aromatic N) is 1. The Morgan fingerprint density at radius 3 is 2.32 bits per heavy atom. The van der Waals surface area contributed by atoms with Gasteiger partial charge in [0, 0.05) is 5.56 Å². The van der Waals surface area contributed by atoms with Crippen LogP contribution in [-0.4, -0.2) is 18.7 Å². The highest BCUT2D eigenvalue weighted by Gasteiger charge is 2.17. The molecule has 2 N–H and O–H groups in total. The van der Waals surface area contributed by atoms with Crippen LogP contribution in [0.4, 0.5) is 5.69 Å². The van der Waals surface area contributed by atoms with Crippen molar-refractivity contribution in [3.8, 4) is 16.9 Å². The number of anilines is 1. The van der Waals surface area contributed by atoms with E-state index in [9.17, 15) is 13.5 Å². The number of phenols is 1. The van der Waals surface area contributed by atoms with E-state index in [-0.39, 0.29) is 10.6 Å². The van der Waals surface area contributed by atoms with E-state index in [1.807, 2.05) is 32.9 Å². The number of benzene rings is 2. The van der Waals surface area contributed by atoms with Crippen LogP contribution in [0, 0.1) is 20.8 Å². The topological polar surface area (TPSA) is 92.4 Å². The standard InChI is InChI=1S/C18H18N2O4S/c1-11-4-5-14(18-12(2)19-24-13(18)3)10-17(11)20-25(22,23)16-8-6-15(21)7-9-16/h4-10,20-21H,1-3H3. The third-order valence-corrected chi connectivity index (χ3v) is 5.33. The van der Waals surface area contributed by atoms with Gasteiger partial charge >= 0.3 is 0 Å². The lowest BCUT2D eigenvalue weighted by molar-refractivity contribution is 0.393. The predicted molar refractivity (Wildman–Crippen MR) is 95.1 cm³/mol. The summed E-state index contributed by atoms with van der Waals surface area (Å²) >= 11 is 0. The van der Waals surface area contributed by atoms with Crippen LogP contribution in [0.15, 0.2) is 51.9 Å². The molecule has 0 aliphatic rings. The molecule has 6 nitrogen and oxygen atoms in total. The average Bonchev–Trinajstić information content (AvgIpc) is 2.89. The molecule has 0 unspecified atom stereocenters. The van der Waals surface area contributed by atoms with Gasteiger partial charge in [-0.2, -0.15) is 0 Å². The second-order valence-corrected chi connectivity index (χ2v) is 7.51. The maximum Gasteiger partial charge on any atom is 0.261 e. The SMILES string of the molecule is Cc1ccc(-c2c(C)noc2C)cc1NS(=O)(=O)c1ccc(O)cc1. The molecule has 2 aromatic carbocycles. The summed E-state index contributed by atoms with van der Waals surface area (Å²) in [6.07, 6.45) is 0. The molecule has 0 saturated carbocycles. The van der Waals surface area contributed by atoms with Gasteiger partial charge in [0.05, 0.1) is 16.3 Å². The van der Waals surface area contributed by atoms with Gasteiger partial charge in [0.1, 0.15) is 11.5 Å². The van der Waals surface area contributed by atoms with Crippen molar-refractivity contribution in [2.45, 2.75) is 25.7 Å². The normalized spacial score (nSPS) is 11.5. The van der Waals surface area contributed by atoms with Crippen LogP contribution < -0.4 is 4.72 Å². The molecule has 0 atom stereocenters. The first-order chi connectivity index (χ1) is 11.8. The molecular formula is C18H18N2O4S. The van der Waals surface area contributed by atoms with Gasteiger partial charge in [0.25, 0.3) is 10.0 Å². The number of aryl methyl sites for hydroxylation is 3.